The molecule has 0 fully saturated rings. The van der Waals surface area contributed by atoms with Gasteiger partial charge in [-0.3, -0.25) is 0 Å². The topological polar surface area (TPSA) is 38.7 Å². The standard InChI is InChI=1S/C34H28O3/c1-36-32-17-15-22(26-9-3-6-12-29(26)32)19-24-21-25(34(35)31-14-8-5-11-28(24)31)20-23-16-18-33(37-2)30-13-7-4-10-27(23)30/h3-18,21,35H,19-20H2,1-2H3. The molecule has 0 unspecified atom stereocenters. The first-order valence-corrected chi connectivity index (χ1v) is 12.5. The number of phenols is 1. The molecule has 0 atom stereocenters. The number of ether oxygens (including phenoxy) is 2. The minimum absolute atomic E-state index is 0.346. The molecule has 0 aliphatic rings. The average Bonchev–Trinajstić information content (AvgIpc) is 2.95. The summed E-state index contributed by atoms with van der Waals surface area (Å²) in [6.45, 7) is 0. The molecule has 0 amide bonds. The third-order valence-electron chi connectivity index (χ3n) is 7.33. The summed E-state index contributed by atoms with van der Waals surface area (Å²) in [5.41, 5.74) is 4.49. The lowest BCUT2D eigenvalue weighted by atomic mass is 9.90. The van der Waals surface area contributed by atoms with E-state index in [1.807, 2.05) is 48.5 Å². The van der Waals surface area contributed by atoms with E-state index in [1.165, 1.54) is 16.5 Å². The monoisotopic (exact) mass is 484 g/mol. The van der Waals surface area contributed by atoms with Gasteiger partial charge in [-0.15, -0.1) is 0 Å². The molecule has 6 aromatic rings. The molecule has 0 radical (unpaired) electrons. The highest BCUT2D eigenvalue weighted by molar-refractivity contribution is 5.95. The molecule has 182 valence electrons. The van der Waals surface area contributed by atoms with Crippen LogP contribution in [0.1, 0.15) is 22.3 Å². The van der Waals surface area contributed by atoms with Crippen molar-refractivity contribution in [2.45, 2.75) is 12.8 Å². The minimum atomic E-state index is 0.346. The van der Waals surface area contributed by atoms with Gasteiger partial charge in [0.15, 0.2) is 0 Å². The van der Waals surface area contributed by atoms with Crippen molar-refractivity contribution in [3.63, 3.8) is 0 Å². The van der Waals surface area contributed by atoms with Gasteiger partial charge < -0.3 is 14.6 Å². The third kappa shape index (κ3) is 4.03. The van der Waals surface area contributed by atoms with E-state index in [9.17, 15) is 5.11 Å². The maximum Gasteiger partial charge on any atom is 0.126 e. The quantitative estimate of drug-likeness (QED) is 0.260. The van der Waals surface area contributed by atoms with Crippen molar-refractivity contribution in [2.75, 3.05) is 14.2 Å². The molecule has 37 heavy (non-hydrogen) atoms. The van der Waals surface area contributed by atoms with Crippen molar-refractivity contribution < 1.29 is 14.6 Å². The number of hydrogen-bond acceptors (Lipinski definition) is 3. The van der Waals surface area contributed by atoms with E-state index in [1.54, 1.807) is 14.2 Å². The van der Waals surface area contributed by atoms with Crippen LogP contribution in [0.15, 0.2) is 103 Å². The number of phenolic OH excluding ortho intramolecular Hbond substituents is 1. The number of rotatable bonds is 6. The Morgan fingerprint density at radius 2 is 0.865 bits per heavy atom. The first kappa shape index (κ1) is 22.9. The normalized spacial score (nSPS) is 11.3. The zero-order chi connectivity index (χ0) is 25.4. The largest absolute Gasteiger partial charge is 0.507 e. The molecule has 0 bridgehead atoms. The second kappa shape index (κ2) is 9.51. The Kier molecular flexibility index (Phi) is 5.90. The first-order chi connectivity index (χ1) is 18.2. The maximum absolute atomic E-state index is 11.4. The number of fused-ring (bicyclic) bond motifs is 3. The molecule has 0 spiro atoms. The predicted molar refractivity (Wildman–Crippen MR) is 152 cm³/mol. The van der Waals surface area contributed by atoms with Gasteiger partial charge in [-0.2, -0.15) is 0 Å². The van der Waals surface area contributed by atoms with E-state index in [4.69, 9.17) is 9.47 Å². The Labute approximate surface area is 216 Å². The predicted octanol–water partition coefficient (Wildman–Crippen LogP) is 8.05. The van der Waals surface area contributed by atoms with E-state index in [2.05, 4.69) is 54.6 Å². The number of methoxy groups -OCH3 is 2. The molecule has 3 nitrogen and oxygen atoms in total. The average molecular weight is 485 g/mol. The van der Waals surface area contributed by atoms with Crippen LogP contribution in [0.2, 0.25) is 0 Å². The molecule has 0 saturated carbocycles. The lowest BCUT2D eigenvalue weighted by Gasteiger charge is -2.16. The fraction of sp³-hybridized carbons (Fsp3) is 0.118. The zero-order valence-corrected chi connectivity index (χ0v) is 21.0. The van der Waals surface area contributed by atoms with Crippen LogP contribution in [0.3, 0.4) is 0 Å². The Balaban J connectivity index is 1.49. The van der Waals surface area contributed by atoms with Gasteiger partial charge >= 0.3 is 0 Å². The van der Waals surface area contributed by atoms with Crippen LogP contribution in [0.25, 0.3) is 32.3 Å². The summed E-state index contributed by atoms with van der Waals surface area (Å²) >= 11 is 0. The summed E-state index contributed by atoms with van der Waals surface area (Å²) in [5, 5.41) is 17.8. The maximum atomic E-state index is 11.4. The van der Waals surface area contributed by atoms with Crippen molar-refractivity contribution in [1.82, 2.24) is 0 Å². The van der Waals surface area contributed by atoms with Crippen molar-refractivity contribution in [2.24, 2.45) is 0 Å². The summed E-state index contributed by atoms with van der Waals surface area (Å²) in [7, 11) is 3.41. The highest BCUT2D eigenvalue weighted by atomic mass is 16.5. The number of benzene rings is 6. The highest BCUT2D eigenvalue weighted by Gasteiger charge is 2.16. The second-order valence-electron chi connectivity index (χ2n) is 9.39. The van der Waals surface area contributed by atoms with E-state index in [0.717, 1.165) is 56.0 Å². The summed E-state index contributed by atoms with van der Waals surface area (Å²) in [5.74, 6) is 2.08. The molecule has 6 aromatic carbocycles. The van der Waals surface area contributed by atoms with Gasteiger partial charge in [0.2, 0.25) is 0 Å². The lowest BCUT2D eigenvalue weighted by molar-refractivity contribution is 0.419. The molecule has 0 aliphatic carbocycles. The smallest absolute Gasteiger partial charge is 0.126 e. The van der Waals surface area contributed by atoms with Gasteiger partial charge in [0, 0.05) is 22.6 Å². The van der Waals surface area contributed by atoms with Gasteiger partial charge in [-0.05, 0) is 57.0 Å². The molecule has 1 N–H and O–H groups in total. The van der Waals surface area contributed by atoms with Crippen molar-refractivity contribution >= 4 is 32.3 Å². The van der Waals surface area contributed by atoms with Gasteiger partial charge in [-0.25, -0.2) is 0 Å². The van der Waals surface area contributed by atoms with Crippen LogP contribution < -0.4 is 9.47 Å². The fourth-order valence-corrected chi connectivity index (χ4v) is 5.52. The van der Waals surface area contributed by atoms with Crippen LogP contribution in [0.4, 0.5) is 0 Å². The number of aromatic hydroxyl groups is 1. The van der Waals surface area contributed by atoms with Crippen LogP contribution in [0, 0.1) is 0 Å². The Bertz CT molecular complexity index is 1770. The van der Waals surface area contributed by atoms with Crippen molar-refractivity contribution in [1.29, 1.82) is 0 Å². The van der Waals surface area contributed by atoms with Gasteiger partial charge in [0.25, 0.3) is 0 Å². The molecule has 0 aromatic heterocycles. The third-order valence-corrected chi connectivity index (χ3v) is 7.33. The SMILES string of the molecule is COc1ccc(Cc2cc(Cc3ccc(OC)c4ccccc34)c3ccccc3c2O)c2ccccc12. The Morgan fingerprint density at radius 1 is 0.459 bits per heavy atom. The van der Waals surface area contributed by atoms with Crippen LogP contribution >= 0.6 is 0 Å². The van der Waals surface area contributed by atoms with Crippen LogP contribution in [0.5, 0.6) is 17.2 Å². The molecular formula is C34H28O3. The lowest BCUT2D eigenvalue weighted by Crippen LogP contribution is -1.98. The molecular weight excluding hydrogens is 456 g/mol. The van der Waals surface area contributed by atoms with Gasteiger partial charge in [0.05, 0.1) is 14.2 Å². The van der Waals surface area contributed by atoms with E-state index >= 15 is 0 Å². The zero-order valence-electron chi connectivity index (χ0n) is 21.0. The van der Waals surface area contributed by atoms with Crippen LogP contribution in [-0.2, 0) is 12.8 Å². The van der Waals surface area contributed by atoms with Gasteiger partial charge in [0.1, 0.15) is 17.2 Å². The highest BCUT2D eigenvalue weighted by Crippen LogP contribution is 2.37. The fourth-order valence-electron chi connectivity index (χ4n) is 5.52. The minimum Gasteiger partial charge on any atom is -0.507 e. The molecule has 0 heterocycles. The van der Waals surface area contributed by atoms with E-state index in [0.29, 0.717) is 12.2 Å². The molecule has 0 saturated heterocycles. The van der Waals surface area contributed by atoms with Crippen LogP contribution in [-0.4, -0.2) is 19.3 Å². The number of hydrogen-bond donors (Lipinski definition) is 1. The van der Waals surface area contributed by atoms with Gasteiger partial charge in [-0.1, -0.05) is 91.0 Å². The van der Waals surface area contributed by atoms with Crippen molar-refractivity contribution in [3.8, 4) is 17.2 Å². The summed E-state index contributed by atoms with van der Waals surface area (Å²) in [6.07, 6.45) is 1.37. The molecule has 3 heteroatoms. The summed E-state index contributed by atoms with van der Waals surface area (Å²) in [6, 6.07) is 35.3. The molecule has 0 aliphatic heterocycles. The summed E-state index contributed by atoms with van der Waals surface area (Å²) < 4.78 is 11.2. The summed E-state index contributed by atoms with van der Waals surface area (Å²) in [4.78, 5) is 0. The Morgan fingerprint density at radius 3 is 1.35 bits per heavy atom. The first-order valence-electron chi connectivity index (χ1n) is 12.5. The second-order valence-corrected chi connectivity index (χ2v) is 9.39. The van der Waals surface area contributed by atoms with Crippen molar-refractivity contribution in [3.05, 3.63) is 125 Å². The van der Waals surface area contributed by atoms with E-state index in [-0.39, 0.29) is 0 Å². The van der Waals surface area contributed by atoms with E-state index < -0.39 is 0 Å². The molecule has 6 rings (SSSR count). The Hall–Kier alpha value is -4.50.